The molecule has 0 heterocycles. The summed E-state index contributed by atoms with van der Waals surface area (Å²) in [7, 11) is 0. The van der Waals surface area contributed by atoms with Crippen molar-refractivity contribution in [1.29, 1.82) is 0 Å². The van der Waals surface area contributed by atoms with Gasteiger partial charge in [-0.3, -0.25) is 0 Å². The lowest BCUT2D eigenvalue weighted by atomic mass is 9.99. The highest BCUT2D eigenvalue weighted by Gasteiger charge is 2.09. The van der Waals surface area contributed by atoms with E-state index in [0.29, 0.717) is 17.2 Å². The molecule has 0 radical (unpaired) electrons. The molecule has 0 unspecified atom stereocenters. The number of carbonyl (C=O) groups is 1. The normalized spacial score (nSPS) is 11.0. The minimum absolute atomic E-state index is 0.316. The highest BCUT2D eigenvalue weighted by molar-refractivity contribution is 5.91. The van der Waals surface area contributed by atoms with Gasteiger partial charge in [-0.1, -0.05) is 95.0 Å². The van der Waals surface area contributed by atoms with Crippen molar-refractivity contribution in [2.45, 2.75) is 65.2 Å². The third-order valence-electron chi connectivity index (χ3n) is 5.73. The van der Waals surface area contributed by atoms with Crippen LogP contribution < -0.4 is 4.74 Å². The monoisotopic (exact) mass is 414 g/mol. The number of hydrogen-bond acceptors (Lipinski definition) is 2. The number of rotatable bonds is 10. The molecule has 2 heteroatoms. The molecule has 0 aliphatic carbocycles. The minimum Gasteiger partial charge on any atom is -0.423 e. The van der Waals surface area contributed by atoms with Gasteiger partial charge in [0.05, 0.1) is 5.56 Å². The lowest BCUT2D eigenvalue weighted by molar-refractivity contribution is 0.0735. The number of esters is 1. The number of hydrogen-bond donors (Lipinski definition) is 0. The first-order valence-electron chi connectivity index (χ1n) is 11.6. The first kappa shape index (κ1) is 22.8. The predicted octanol–water partition coefficient (Wildman–Crippen LogP) is 8.21. The van der Waals surface area contributed by atoms with Gasteiger partial charge in [-0.15, -0.1) is 0 Å². The molecule has 0 aliphatic heterocycles. The molecule has 31 heavy (non-hydrogen) atoms. The van der Waals surface area contributed by atoms with Gasteiger partial charge in [0.1, 0.15) is 5.75 Å². The van der Waals surface area contributed by atoms with E-state index in [-0.39, 0.29) is 5.97 Å². The molecule has 0 N–H and O–H groups in total. The van der Waals surface area contributed by atoms with E-state index in [1.807, 2.05) is 48.5 Å². The molecule has 0 amide bonds. The summed E-state index contributed by atoms with van der Waals surface area (Å²) in [6.45, 7) is 6.62. The maximum absolute atomic E-state index is 12.5. The Bertz CT molecular complexity index is 936. The Labute approximate surface area is 187 Å². The second-order valence-corrected chi connectivity index (χ2v) is 8.55. The second-order valence-electron chi connectivity index (χ2n) is 8.55. The van der Waals surface area contributed by atoms with Crippen molar-refractivity contribution in [2.75, 3.05) is 0 Å². The quantitative estimate of drug-likeness (QED) is 0.190. The van der Waals surface area contributed by atoms with Crippen LogP contribution in [0.2, 0.25) is 0 Å². The van der Waals surface area contributed by atoms with E-state index in [9.17, 15) is 4.79 Å². The van der Waals surface area contributed by atoms with Crippen LogP contribution in [-0.4, -0.2) is 5.97 Å². The van der Waals surface area contributed by atoms with Crippen molar-refractivity contribution in [3.63, 3.8) is 0 Å². The zero-order valence-corrected chi connectivity index (χ0v) is 19.1. The first-order valence-corrected chi connectivity index (χ1v) is 11.6. The van der Waals surface area contributed by atoms with E-state index in [2.05, 4.69) is 45.0 Å². The molecule has 162 valence electrons. The smallest absolute Gasteiger partial charge is 0.343 e. The second kappa shape index (κ2) is 11.5. The van der Waals surface area contributed by atoms with Crippen LogP contribution in [0.25, 0.3) is 11.1 Å². The molecule has 3 aromatic carbocycles. The molecule has 0 aliphatic rings. The van der Waals surface area contributed by atoms with Crippen molar-refractivity contribution >= 4 is 5.97 Å². The molecule has 0 fully saturated rings. The summed E-state index contributed by atoms with van der Waals surface area (Å²) in [6, 6.07) is 24.1. The average Bonchev–Trinajstić information content (AvgIpc) is 2.80. The fourth-order valence-corrected chi connectivity index (χ4v) is 3.68. The zero-order valence-electron chi connectivity index (χ0n) is 19.1. The number of benzene rings is 3. The van der Waals surface area contributed by atoms with Gasteiger partial charge in [-0.25, -0.2) is 4.79 Å². The Morgan fingerprint density at radius 3 is 1.90 bits per heavy atom. The summed E-state index contributed by atoms with van der Waals surface area (Å²) in [6.07, 6.45) is 7.44. The molecule has 0 bridgehead atoms. The number of ether oxygens (including phenoxy) is 1. The Morgan fingerprint density at radius 1 is 0.742 bits per heavy atom. The summed E-state index contributed by atoms with van der Waals surface area (Å²) in [5.74, 6) is 0.770. The van der Waals surface area contributed by atoms with Gasteiger partial charge in [0.2, 0.25) is 0 Å². The molecule has 0 saturated heterocycles. The van der Waals surface area contributed by atoms with Gasteiger partial charge in [0, 0.05) is 0 Å². The molecule has 3 rings (SSSR count). The van der Waals surface area contributed by atoms with E-state index < -0.39 is 0 Å². The maximum Gasteiger partial charge on any atom is 0.343 e. The summed E-state index contributed by atoms with van der Waals surface area (Å²) in [5.41, 5.74) is 5.46. The van der Waals surface area contributed by atoms with Crippen molar-refractivity contribution in [2.24, 2.45) is 0 Å². The number of carbonyl (C=O) groups excluding carboxylic acids is 1. The van der Waals surface area contributed by atoms with Gasteiger partial charge in [0.25, 0.3) is 0 Å². The van der Waals surface area contributed by atoms with Crippen molar-refractivity contribution in [3.8, 4) is 16.9 Å². The minimum atomic E-state index is -0.316. The van der Waals surface area contributed by atoms with Gasteiger partial charge in [0.15, 0.2) is 0 Å². The first-order chi connectivity index (χ1) is 15.1. The number of aryl methyl sites for hydroxylation is 1. The molecule has 0 atom stereocenters. The van der Waals surface area contributed by atoms with Gasteiger partial charge in [-0.2, -0.15) is 0 Å². The Morgan fingerprint density at radius 2 is 1.32 bits per heavy atom. The highest BCUT2D eigenvalue weighted by Crippen LogP contribution is 2.25. The summed E-state index contributed by atoms with van der Waals surface area (Å²) < 4.78 is 5.57. The Balaban J connectivity index is 1.54. The third-order valence-corrected chi connectivity index (χ3v) is 5.73. The van der Waals surface area contributed by atoms with Crippen LogP contribution >= 0.6 is 0 Å². The molecule has 0 aromatic heterocycles. The summed E-state index contributed by atoms with van der Waals surface area (Å²) in [5, 5.41) is 0. The molecular weight excluding hydrogens is 380 g/mol. The van der Waals surface area contributed by atoms with Crippen molar-refractivity contribution in [3.05, 3.63) is 89.5 Å². The molecule has 0 spiro atoms. The fourth-order valence-electron chi connectivity index (χ4n) is 3.68. The fraction of sp³-hybridized carbons (Fsp3) is 0.345. The third kappa shape index (κ3) is 6.82. The Hall–Kier alpha value is -2.87. The van der Waals surface area contributed by atoms with E-state index >= 15 is 0 Å². The predicted molar refractivity (Wildman–Crippen MR) is 130 cm³/mol. The lowest BCUT2D eigenvalue weighted by Gasteiger charge is -2.09. The van der Waals surface area contributed by atoms with Crippen LogP contribution in [-0.2, 0) is 6.42 Å². The van der Waals surface area contributed by atoms with E-state index in [1.165, 1.54) is 43.2 Å². The van der Waals surface area contributed by atoms with E-state index in [4.69, 9.17) is 4.74 Å². The lowest BCUT2D eigenvalue weighted by Crippen LogP contribution is -2.08. The maximum atomic E-state index is 12.5. The SMILES string of the molecule is CCCCCCCc1ccc(C(=O)Oc2ccc(-c3ccc(C(C)C)cc3)cc2)cc1. The van der Waals surface area contributed by atoms with Crippen LogP contribution in [0.15, 0.2) is 72.8 Å². The van der Waals surface area contributed by atoms with Crippen LogP contribution in [0, 0.1) is 0 Å². The standard InChI is InChI=1S/C29H34O2/c1-4-5-6-7-8-9-23-10-12-27(13-11-23)29(30)31-28-20-18-26(19-21-28)25-16-14-24(15-17-25)22(2)3/h10-22H,4-9H2,1-3H3. The topological polar surface area (TPSA) is 26.3 Å². The Kier molecular flexibility index (Phi) is 8.46. The van der Waals surface area contributed by atoms with Gasteiger partial charge >= 0.3 is 5.97 Å². The van der Waals surface area contributed by atoms with Gasteiger partial charge in [-0.05, 0) is 65.3 Å². The highest BCUT2D eigenvalue weighted by atomic mass is 16.5. The van der Waals surface area contributed by atoms with Crippen LogP contribution in [0.4, 0.5) is 0 Å². The van der Waals surface area contributed by atoms with Crippen LogP contribution in [0.1, 0.15) is 80.3 Å². The molecule has 3 aromatic rings. The summed E-state index contributed by atoms with van der Waals surface area (Å²) in [4.78, 5) is 12.5. The van der Waals surface area contributed by atoms with Crippen molar-refractivity contribution in [1.82, 2.24) is 0 Å². The molecule has 2 nitrogen and oxygen atoms in total. The molecular formula is C29H34O2. The van der Waals surface area contributed by atoms with Crippen molar-refractivity contribution < 1.29 is 9.53 Å². The van der Waals surface area contributed by atoms with E-state index in [1.54, 1.807) is 0 Å². The number of unbranched alkanes of at least 4 members (excludes halogenated alkanes) is 4. The van der Waals surface area contributed by atoms with Gasteiger partial charge < -0.3 is 4.74 Å². The van der Waals surface area contributed by atoms with E-state index in [0.717, 1.165) is 17.5 Å². The summed E-state index contributed by atoms with van der Waals surface area (Å²) >= 11 is 0. The van der Waals surface area contributed by atoms with Crippen LogP contribution in [0.3, 0.4) is 0 Å². The zero-order chi connectivity index (χ0) is 22.1. The van der Waals surface area contributed by atoms with Crippen LogP contribution in [0.5, 0.6) is 5.75 Å². The molecule has 0 saturated carbocycles. The average molecular weight is 415 g/mol. The largest absolute Gasteiger partial charge is 0.423 e.